The molecular formula is C15H25BrN2S. The summed E-state index contributed by atoms with van der Waals surface area (Å²) in [4.78, 5) is 4.12. The standard InChI is InChI=1S/C15H25BrN2S/c1-5-15(4)10-17-13(11(2)3)8-18(15)9-14-12(16)6-7-19-14/h6-7,11,13,17H,5,8-10H2,1-4H3. The van der Waals surface area contributed by atoms with Crippen molar-refractivity contribution in [3.05, 3.63) is 20.8 Å². The third-order valence-corrected chi connectivity index (χ3v) is 6.43. The average Bonchev–Trinajstić information content (AvgIpc) is 2.77. The molecule has 0 saturated carbocycles. The first-order chi connectivity index (χ1) is 8.96. The average molecular weight is 345 g/mol. The molecule has 1 fully saturated rings. The predicted octanol–water partition coefficient (Wildman–Crippen LogP) is 4.11. The van der Waals surface area contributed by atoms with Crippen LogP contribution in [0.2, 0.25) is 0 Å². The van der Waals surface area contributed by atoms with Crippen LogP contribution in [0.3, 0.4) is 0 Å². The summed E-state index contributed by atoms with van der Waals surface area (Å²) in [6, 6.07) is 2.77. The maximum absolute atomic E-state index is 3.73. The second kappa shape index (κ2) is 6.25. The molecule has 19 heavy (non-hydrogen) atoms. The van der Waals surface area contributed by atoms with Crippen LogP contribution in [0.25, 0.3) is 0 Å². The topological polar surface area (TPSA) is 15.3 Å². The van der Waals surface area contributed by atoms with Gasteiger partial charge in [-0.15, -0.1) is 11.3 Å². The summed E-state index contributed by atoms with van der Waals surface area (Å²) in [5, 5.41) is 5.91. The molecular weight excluding hydrogens is 320 g/mol. The van der Waals surface area contributed by atoms with Crippen molar-refractivity contribution in [3.8, 4) is 0 Å². The van der Waals surface area contributed by atoms with Gasteiger partial charge in [-0.1, -0.05) is 20.8 Å². The van der Waals surface area contributed by atoms with Crippen molar-refractivity contribution in [1.29, 1.82) is 0 Å². The van der Waals surface area contributed by atoms with Crippen molar-refractivity contribution < 1.29 is 0 Å². The van der Waals surface area contributed by atoms with Gasteiger partial charge in [-0.2, -0.15) is 0 Å². The number of halogens is 1. The van der Waals surface area contributed by atoms with Gasteiger partial charge in [-0.05, 0) is 46.6 Å². The zero-order chi connectivity index (χ0) is 14.0. The summed E-state index contributed by atoms with van der Waals surface area (Å²) in [6.45, 7) is 12.6. The van der Waals surface area contributed by atoms with Crippen LogP contribution in [0, 0.1) is 5.92 Å². The van der Waals surface area contributed by atoms with Gasteiger partial charge in [-0.3, -0.25) is 4.90 Å². The van der Waals surface area contributed by atoms with Crippen LogP contribution < -0.4 is 5.32 Å². The molecule has 108 valence electrons. The molecule has 1 aliphatic heterocycles. The van der Waals surface area contributed by atoms with Crippen molar-refractivity contribution in [3.63, 3.8) is 0 Å². The first-order valence-corrected chi connectivity index (χ1v) is 8.84. The monoisotopic (exact) mass is 344 g/mol. The molecule has 0 radical (unpaired) electrons. The lowest BCUT2D eigenvalue weighted by Gasteiger charge is -2.49. The van der Waals surface area contributed by atoms with Crippen LogP contribution in [0.1, 0.15) is 39.0 Å². The summed E-state index contributed by atoms with van der Waals surface area (Å²) in [5.41, 5.74) is 0.273. The van der Waals surface area contributed by atoms with Crippen molar-refractivity contribution in [2.24, 2.45) is 5.92 Å². The molecule has 2 unspecified atom stereocenters. The van der Waals surface area contributed by atoms with E-state index in [0.717, 1.165) is 19.6 Å². The van der Waals surface area contributed by atoms with E-state index in [2.05, 4.69) is 65.3 Å². The summed E-state index contributed by atoms with van der Waals surface area (Å²) in [5.74, 6) is 0.690. The van der Waals surface area contributed by atoms with Crippen LogP contribution in [0.4, 0.5) is 0 Å². The lowest BCUT2D eigenvalue weighted by atomic mass is 9.89. The third kappa shape index (κ3) is 3.41. The molecule has 1 aromatic heterocycles. The number of piperazine rings is 1. The summed E-state index contributed by atoms with van der Waals surface area (Å²) in [7, 11) is 0. The number of hydrogen-bond donors (Lipinski definition) is 1. The Hall–Kier alpha value is 0.100. The molecule has 1 aromatic rings. The van der Waals surface area contributed by atoms with Gasteiger partial charge >= 0.3 is 0 Å². The Kier molecular flexibility index (Phi) is 5.09. The van der Waals surface area contributed by atoms with E-state index in [9.17, 15) is 0 Å². The van der Waals surface area contributed by atoms with Crippen LogP contribution >= 0.6 is 27.3 Å². The molecule has 0 aliphatic carbocycles. The molecule has 1 saturated heterocycles. The predicted molar refractivity (Wildman–Crippen MR) is 87.8 cm³/mol. The van der Waals surface area contributed by atoms with Crippen LogP contribution in [0.5, 0.6) is 0 Å². The summed E-state index contributed by atoms with van der Waals surface area (Å²) >= 11 is 5.52. The molecule has 2 atom stereocenters. The van der Waals surface area contributed by atoms with E-state index < -0.39 is 0 Å². The van der Waals surface area contributed by atoms with E-state index in [1.165, 1.54) is 15.8 Å². The Morgan fingerprint density at radius 3 is 2.84 bits per heavy atom. The second-order valence-corrected chi connectivity index (χ2v) is 8.01. The SMILES string of the molecule is CCC1(C)CNC(C(C)C)CN1Cc1sccc1Br. The molecule has 2 rings (SSSR count). The number of hydrogen-bond acceptors (Lipinski definition) is 3. The second-order valence-electron chi connectivity index (χ2n) is 6.15. The lowest BCUT2D eigenvalue weighted by Crippen LogP contribution is -2.63. The molecule has 4 heteroatoms. The van der Waals surface area contributed by atoms with Crippen molar-refractivity contribution in [2.75, 3.05) is 13.1 Å². The molecule has 0 spiro atoms. The highest BCUT2D eigenvalue weighted by Crippen LogP contribution is 2.31. The first kappa shape index (κ1) is 15.5. The zero-order valence-corrected chi connectivity index (χ0v) is 14.8. The highest BCUT2D eigenvalue weighted by atomic mass is 79.9. The molecule has 0 aromatic carbocycles. The van der Waals surface area contributed by atoms with Gasteiger partial charge in [0.25, 0.3) is 0 Å². The molecule has 0 bridgehead atoms. The third-order valence-electron chi connectivity index (χ3n) is 4.52. The number of nitrogens with zero attached hydrogens (tertiary/aromatic N) is 1. The van der Waals surface area contributed by atoms with Gasteiger partial charge in [0, 0.05) is 40.6 Å². The van der Waals surface area contributed by atoms with Gasteiger partial charge in [0.1, 0.15) is 0 Å². The van der Waals surface area contributed by atoms with E-state index in [0.29, 0.717) is 12.0 Å². The number of thiophene rings is 1. The van der Waals surface area contributed by atoms with Crippen molar-refractivity contribution in [2.45, 2.75) is 52.2 Å². The zero-order valence-electron chi connectivity index (χ0n) is 12.4. The number of rotatable bonds is 4. The highest BCUT2D eigenvalue weighted by Gasteiger charge is 2.37. The van der Waals surface area contributed by atoms with Crippen molar-refractivity contribution in [1.82, 2.24) is 10.2 Å². The minimum atomic E-state index is 0.273. The summed E-state index contributed by atoms with van der Waals surface area (Å²) in [6.07, 6.45) is 1.19. The summed E-state index contributed by atoms with van der Waals surface area (Å²) < 4.78 is 1.26. The van der Waals surface area contributed by atoms with Gasteiger partial charge in [0.15, 0.2) is 0 Å². The molecule has 1 aliphatic rings. The quantitative estimate of drug-likeness (QED) is 0.884. The fraction of sp³-hybridized carbons (Fsp3) is 0.733. The fourth-order valence-corrected chi connectivity index (χ4v) is 4.14. The molecule has 1 N–H and O–H groups in total. The van der Waals surface area contributed by atoms with Gasteiger partial charge in [-0.25, -0.2) is 0 Å². The number of nitrogens with one attached hydrogen (secondary N) is 1. The van der Waals surface area contributed by atoms with E-state index >= 15 is 0 Å². The Morgan fingerprint density at radius 1 is 1.58 bits per heavy atom. The highest BCUT2D eigenvalue weighted by molar-refractivity contribution is 9.10. The first-order valence-electron chi connectivity index (χ1n) is 7.16. The van der Waals surface area contributed by atoms with E-state index in [4.69, 9.17) is 0 Å². The smallest absolute Gasteiger partial charge is 0.0345 e. The normalized spacial score (nSPS) is 29.1. The molecule has 0 amide bonds. The maximum Gasteiger partial charge on any atom is 0.0345 e. The Bertz CT molecular complexity index is 418. The van der Waals surface area contributed by atoms with Crippen LogP contribution in [-0.4, -0.2) is 29.6 Å². The molecule has 2 nitrogen and oxygen atoms in total. The fourth-order valence-electron chi connectivity index (χ4n) is 2.65. The maximum atomic E-state index is 3.73. The van der Waals surface area contributed by atoms with Crippen LogP contribution in [0.15, 0.2) is 15.9 Å². The minimum Gasteiger partial charge on any atom is -0.311 e. The van der Waals surface area contributed by atoms with Gasteiger partial charge in [0.2, 0.25) is 0 Å². The van der Waals surface area contributed by atoms with Gasteiger partial charge < -0.3 is 5.32 Å². The minimum absolute atomic E-state index is 0.273. The van der Waals surface area contributed by atoms with E-state index in [1.54, 1.807) is 0 Å². The Labute approximate surface area is 129 Å². The Balaban J connectivity index is 2.14. The lowest BCUT2D eigenvalue weighted by molar-refractivity contribution is 0.0323. The largest absolute Gasteiger partial charge is 0.311 e. The Morgan fingerprint density at radius 2 is 2.32 bits per heavy atom. The van der Waals surface area contributed by atoms with Crippen LogP contribution in [-0.2, 0) is 6.54 Å². The van der Waals surface area contributed by atoms with E-state index in [1.807, 2.05) is 11.3 Å². The van der Waals surface area contributed by atoms with Gasteiger partial charge in [0.05, 0.1) is 0 Å². The molecule has 2 heterocycles. The van der Waals surface area contributed by atoms with E-state index in [-0.39, 0.29) is 5.54 Å². The van der Waals surface area contributed by atoms with Crippen molar-refractivity contribution >= 4 is 27.3 Å².